The third-order valence-corrected chi connectivity index (χ3v) is 4.82. The molecule has 1 heterocycles. The number of carboxylic acid groups (broad SMARTS) is 2. The number of carbonyl (C=O) groups excluding carboxylic acids is 1. The minimum absolute atomic E-state index is 0.246. The molecular weight excluding hydrogens is 335 g/mol. The van der Waals surface area contributed by atoms with E-state index in [1.807, 2.05) is 30.3 Å². The highest BCUT2D eigenvalue weighted by Crippen LogP contribution is 2.21. The molecule has 1 aromatic rings. The fraction of sp³-hybridized carbons (Fsp3) is 0.500. The predicted molar refractivity (Wildman–Crippen MR) is 95.6 cm³/mol. The molecule has 8 heteroatoms. The van der Waals surface area contributed by atoms with E-state index in [0.29, 0.717) is 25.8 Å². The lowest BCUT2D eigenvalue weighted by Gasteiger charge is -2.34. The van der Waals surface area contributed by atoms with Gasteiger partial charge in [0.05, 0.1) is 12.1 Å². The first kappa shape index (κ1) is 20.0. The summed E-state index contributed by atoms with van der Waals surface area (Å²) in [4.78, 5) is 37.9. The summed E-state index contributed by atoms with van der Waals surface area (Å²) in [5.41, 5.74) is 0.983. The van der Waals surface area contributed by atoms with Crippen molar-refractivity contribution in [3.8, 4) is 0 Å². The Hall–Kier alpha value is -2.35. The fourth-order valence-electron chi connectivity index (χ4n) is 3.27. The SMILES string of the molecule is [B]N([C@@H](C)C(=O)N1CCC[C@H]1C(=O)O)[C@@H](CCc1ccccc1)C(=O)O. The first-order valence-electron chi connectivity index (χ1n) is 8.66. The molecule has 1 saturated heterocycles. The van der Waals surface area contributed by atoms with E-state index in [-0.39, 0.29) is 6.42 Å². The van der Waals surface area contributed by atoms with Gasteiger partial charge in [-0.15, -0.1) is 0 Å². The molecule has 1 aromatic carbocycles. The second kappa shape index (κ2) is 8.85. The molecule has 26 heavy (non-hydrogen) atoms. The molecule has 0 spiro atoms. The van der Waals surface area contributed by atoms with Crippen molar-refractivity contribution in [3.63, 3.8) is 0 Å². The van der Waals surface area contributed by atoms with Gasteiger partial charge in [0.15, 0.2) is 7.98 Å². The van der Waals surface area contributed by atoms with Gasteiger partial charge >= 0.3 is 11.9 Å². The minimum Gasteiger partial charge on any atom is -0.480 e. The molecule has 3 atom stereocenters. The average molecular weight is 358 g/mol. The first-order valence-corrected chi connectivity index (χ1v) is 8.66. The molecule has 1 aliphatic heterocycles. The van der Waals surface area contributed by atoms with Crippen LogP contribution in [0.2, 0.25) is 0 Å². The molecule has 0 bridgehead atoms. The number of likely N-dealkylation sites (tertiary alicyclic amines) is 1. The van der Waals surface area contributed by atoms with E-state index >= 15 is 0 Å². The van der Waals surface area contributed by atoms with E-state index in [1.54, 1.807) is 0 Å². The predicted octanol–water partition coefficient (Wildman–Crippen LogP) is 0.922. The number of carbonyl (C=O) groups is 3. The molecule has 2 rings (SSSR count). The molecule has 0 unspecified atom stereocenters. The minimum atomic E-state index is -1.11. The number of hydrogen-bond acceptors (Lipinski definition) is 4. The van der Waals surface area contributed by atoms with Crippen LogP contribution < -0.4 is 0 Å². The van der Waals surface area contributed by atoms with Crippen molar-refractivity contribution in [2.45, 2.75) is 50.7 Å². The monoisotopic (exact) mass is 358 g/mol. The van der Waals surface area contributed by atoms with Gasteiger partial charge in [-0.05, 0) is 38.2 Å². The third kappa shape index (κ3) is 4.63. The highest BCUT2D eigenvalue weighted by Gasteiger charge is 2.38. The lowest BCUT2D eigenvalue weighted by atomic mass is 9.99. The van der Waals surface area contributed by atoms with Crippen LogP contribution in [-0.2, 0) is 20.8 Å². The molecule has 2 radical (unpaired) electrons. The van der Waals surface area contributed by atoms with Crippen LogP contribution in [-0.4, -0.2) is 70.4 Å². The van der Waals surface area contributed by atoms with E-state index < -0.39 is 36.0 Å². The van der Waals surface area contributed by atoms with E-state index in [2.05, 4.69) is 0 Å². The van der Waals surface area contributed by atoms with Gasteiger partial charge in [-0.25, -0.2) is 4.79 Å². The lowest BCUT2D eigenvalue weighted by Crippen LogP contribution is -2.54. The Morgan fingerprint density at radius 3 is 2.50 bits per heavy atom. The van der Waals surface area contributed by atoms with Crippen molar-refractivity contribution in [3.05, 3.63) is 35.9 Å². The number of nitrogens with zero attached hydrogens (tertiary/aromatic N) is 2. The van der Waals surface area contributed by atoms with Crippen LogP contribution >= 0.6 is 0 Å². The standard InChI is InChI=1S/C18H23BN2O5/c1-12(16(22)20-11-5-8-14(20)17(23)24)21(19)15(18(25)26)10-9-13-6-3-2-4-7-13/h2-4,6-7,12,14-15H,5,8-11H2,1H3,(H,23,24)(H,25,26)/t12-,14-,15-/m0/s1. The lowest BCUT2D eigenvalue weighted by molar-refractivity contribution is -0.151. The van der Waals surface area contributed by atoms with Crippen molar-refractivity contribution < 1.29 is 24.6 Å². The second-order valence-corrected chi connectivity index (χ2v) is 6.53. The summed E-state index contributed by atoms with van der Waals surface area (Å²) < 4.78 is 0. The Morgan fingerprint density at radius 2 is 1.92 bits per heavy atom. The van der Waals surface area contributed by atoms with Gasteiger partial charge in [0.1, 0.15) is 6.04 Å². The van der Waals surface area contributed by atoms with Gasteiger partial charge in [-0.1, -0.05) is 30.3 Å². The van der Waals surface area contributed by atoms with Gasteiger partial charge in [0.2, 0.25) is 5.91 Å². The van der Waals surface area contributed by atoms with Gasteiger partial charge in [-0.2, -0.15) is 0 Å². The number of rotatable bonds is 8. The van der Waals surface area contributed by atoms with Crippen LogP contribution in [0.3, 0.4) is 0 Å². The summed E-state index contributed by atoms with van der Waals surface area (Å²) in [6.45, 7) is 1.85. The summed E-state index contributed by atoms with van der Waals surface area (Å²) in [5.74, 6) is -2.62. The Bertz CT molecular complexity index is 654. The van der Waals surface area contributed by atoms with Crippen LogP contribution in [0.1, 0.15) is 31.7 Å². The maximum absolute atomic E-state index is 12.7. The first-order chi connectivity index (χ1) is 12.3. The van der Waals surface area contributed by atoms with Crippen molar-refractivity contribution in [1.29, 1.82) is 0 Å². The number of carboxylic acids is 2. The zero-order valence-electron chi connectivity index (χ0n) is 14.7. The number of hydrogen-bond donors (Lipinski definition) is 2. The molecule has 1 fully saturated rings. The normalized spacial score (nSPS) is 19.3. The number of benzene rings is 1. The molecule has 138 valence electrons. The summed E-state index contributed by atoms with van der Waals surface area (Å²) in [6, 6.07) is 6.58. The van der Waals surface area contributed by atoms with Crippen molar-refractivity contribution in [1.82, 2.24) is 9.71 Å². The second-order valence-electron chi connectivity index (χ2n) is 6.53. The summed E-state index contributed by atoms with van der Waals surface area (Å²) in [6.07, 6.45) is 1.76. The molecule has 1 amide bonds. The summed E-state index contributed by atoms with van der Waals surface area (Å²) in [5, 5.41) is 18.7. The molecule has 0 saturated carbocycles. The Kier molecular flexibility index (Phi) is 6.80. The summed E-state index contributed by atoms with van der Waals surface area (Å²) >= 11 is 0. The van der Waals surface area contributed by atoms with E-state index in [4.69, 9.17) is 7.98 Å². The molecule has 0 aliphatic carbocycles. The molecule has 7 nitrogen and oxygen atoms in total. The van der Waals surface area contributed by atoms with Crippen LogP contribution in [0, 0.1) is 0 Å². The molecule has 0 aromatic heterocycles. The van der Waals surface area contributed by atoms with E-state index in [9.17, 15) is 24.6 Å². The van der Waals surface area contributed by atoms with Crippen molar-refractivity contribution in [2.75, 3.05) is 6.54 Å². The van der Waals surface area contributed by atoms with Gasteiger partial charge in [0, 0.05) is 6.54 Å². The van der Waals surface area contributed by atoms with Crippen molar-refractivity contribution >= 4 is 25.8 Å². The maximum Gasteiger partial charge on any atom is 0.326 e. The van der Waals surface area contributed by atoms with E-state index in [0.717, 1.165) is 10.4 Å². The van der Waals surface area contributed by atoms with Crippen LogP contribution in [0.15, 0.2) is 30.3 Å². The topological polar surface area (TPSA) is 98.2 Å². The summed E-state index contributed by atoms with van der Waals surface area (Å²) in [7, 11) is 5.97. The number of amides is 1. The number of aryl methyl sites for hydroxylation is 1. The molecule has 1 aliphatic rings. The zero-order chi connectivity index (χ0) is 19.3. The van der Waals surface area contributed by atoms with Crippen LogP contribution in [0.5, 0.6) is 0 Å². The quantitative estimate of drug-likeness (QED) is 0.671. The van der Waals surface area contributed by atoms with Crippen LogP contribution in [0.4, 0.5) is 0 Å². The van der Waals surface area contributed by atoms with Crippen LogP contribution in [0.25, 0.3) is 0 Å². The average Bonchev–Trinajstić information content (AvgIpc) is 3.11. The largest absolute Gasteiger partial charge is 0.480 e. The van der Waals surface area contributed by atoms with Gasteiger partial charge in [-0.3, -0.25) is 9.59 Å². The van der Waals surface area contributed by atoms with Gasteiger partial charge in [0.25, 0.3) is 0 Å². The zero-order valence-corrected chi connectivity index (χ0v) is 14.7. The number of aliphatic carboxylic acids is 2. The van der Waals surface area contributed by atoms with Crippen molar-refractivity contribution in [2.24, 2.45) is 0 Å². The Labute approximate surface area is 154 Å². The molecular formula is C18H23BN2O5. The highest BCUT2D eigenvalue weighted by molar-refractivity contribution is 6.08. The Morgan fingerprint density at radius 1 is 1.27 bits per heavy atom. The smallest absolute Gasteiger partial charge is 0.326 e. The molecule has 2 N–H and O–H groups in total. The Balaban J connectivity index is 2.04. The maximum atomic E-state index is 12.7. The highest BCUT2D eigenvalue weighted by atomic mass is 16.4. The fourth-order valence-corrected chi connectivity index (χ4v) is 3.27. The van der Waals surface area contributed by atoms with Gasteiger partial charge < -0.3 is 19.9 Å². The van der Waals surface area contributed by atoms with E-state index in [1.165, 1.54) is 11.8 Å². The third-order valence-electron chi connectivity index (χ3n) is 4.82.